The lowest BCUT2D eigenvalue weighted by molar-refractivity contribution is -0.148. The fraction of sp³-hybridized carbons (Fsp3) is 0.409. The van der Waals surface area contributed by atoms with E-state index < -0.39 is 31.0 Å². The van der Waals surface area contributed by atoms with Crippen LogP contribution >= 0.6 is 0 Å². The van der Waals surface area contributed by atoms with E-state index in [1.54, 1.807) is 24.3 Å². The largest absolute Gasteiger partial charge is 0.493 e. The van der Waals surface area contributed by atoms with Crippen LogP contribution in [0.3, 0.4) is 0 Å². The molecule has 0 fully saturated rings. The van der Waals surface area contributed by atoms with Gasteiger partial charge >= 0.3 is 18.3 Å². The molecule has 0 radical (unpaired) electrons. The van der Waals surface area contributed by atoms with Crippen molar-refractivity contribution in [1.82, 2.24) is 0 Å². The van der Waals surface area contributed by atoms with E-state index in [9.17, 15) is 22.4 Å². The van der Waals surface area contributed by atoms with Crippen LogP contribution in [-0.2, 0) is 16.0 Å². The first-order chi connectivity index (χ1) is 15.2. The molecule has 2 rings (SSSR count). The van der Waals surface area contributed by atoms with E-state index in [0.717, 1.165) is 5.56 Å². The van der Waals surface area contributed by atoms with Crippen LogP contribution in [0.25, 0.3) is 0 Å². The number of benzene rings is 2. The number of carbonyl (C=O) groups is 1. The van der Waals surface area contributed by atoms with Crippen molar-refractivity contribution in [3.05, 3.63) is 54.1 Å². The lowest BCUT2D eigenvalue weighted by Gasteiger charge is -2.16. The van der Waals surface area contributed by atoms with Gasteiger partial charge in [-0.25, -0.2) is 13.6 Å². The monoisotopic (exact) mass is 460 g/mol. The Labute approximate surface area is 182 Å². The number of ether oxygens (including phenoxy) is 4. The number of aliphatic carboxylic acids is 1. The van der Waals surface area contributed by atoms with Gasteiger partial charge in [-0.3, -0.25) is 0 Å². The molecule has 0 aliphatic heterocycles. The SMILES string of the molecule is COC(Cc1ccc(OCCCOc2ccc(OCC(F)(F)C(F)F)cc2)cc1)C(=O)O. The maximum Gasteiger partial charge on any atom is 0.340 e. The van der Waals surface area contributed by atoms with Crippen molar-refractivity contribution < 1.29 is 46.4 Å². The van der Waals surface area contributed by atoms with Crippen LogP contribution in [0, 0.1) is 0 Å². The van der Waals surface area contributed by atoms with E-state index in [2.05, 4.69) is 4.74 Å². The molecule has 10 heteroatoms. The van der Waals surface area contributed by atoms with Crippen LogP contribution in [0.1, 0.15) is 12.0 Å². The Morgan fingerprint density at radius 2 is 1.38 bits per heavy atom. The van der Waals surface area contributed by atoms with Gasteiger partial charge in [0.2, 0.25) is 0 Å². The molecule has 1 unspecified atom stereocenters. The summed E-state index contributed by atoms with van der Waals surface area (Å²) in [6, 6.07) is 12.7. The third kappa shape index (κ3) is 8.26. The summed E-state index contributed by atoms with van der Waals surface area (Å²) >= 11 is 0. The van der Waals surface area contributed by atoms with Crippen LogP contribution in [-0.4, -0.2) is 56.5 Å². The van der Waals surface area contributed by atoms with Crippen LogP contribution in [0.2, 0.25) is 0 Å². The molecule has 0 saturated heterocycles. The summed E-state index contributed by atoms with van der Waals surface area (Å²) < 4.78 is 70.6. The number of methoxy groups -OCH3 is 1. The Hall–Kier alpha value is -3.01. The lowest BCUT2D eigenvalue weighted by atomic mass is 10.1. The summed E-state index contributed by atoms with van der Waals surface area (Å²) in [5, 5.41) is 9.00. The van der Waals surface area contributed by atoms with Crippen molar-refractivity contribution in [3.63, 3.8) is 0 Å². The molecule has 6 nitrogen and oxygen atoms in total. The lowest BCUT2D eigenvalue weighted by Crippen LogP contribution is -2.33. The molecule has 0 spiro atoms. The number of hydrogen-bond donors (Lipinski definition) is 1. The van der Waals surface area contributed by atoms with Gasteiger partial charge in [0, 0.05) is 20.0 Å². The van der Waals surface area contributed by atoms with Crippen molar-refractivity contribution in [2.24, 2.45) is 0 Å². The van der Waals surface area contributed by atoms with Crippen molar-refractivity contribution in [1.29, 1.82) is 0 Å². The summed E-state index contributed by atoms with van der Waals surface area (Å²) in [6.07, 6.45) is -3.88. The van der Waals surface area contributed by atoms with Gasteiger partial charge in [0.1, 0.15) is 17.2 Å². The van der Waals surface area contributed by atoms with Gasteiger partial charge in [-0.2, -0.15) is 8.78 Å². The molecular weight excluding hydrogens is 436 g/mol. The quantitative estimate of drug-likeness (QED) is 0.332. The average molecular weight is 460 g/mol. The highest BCUT2D eigenvalue weighted by atomic mass is 19.3. The van der Waals surface area contributed by atoms with Gasteiger partial charge in [-0.05, 0) is 42.0 Å². The van der Waals surface area contributed by atoms with E-state index in [1.807, 2.05) is 0 Å². The van der Waals surface area contributed by atoms with Crippen molar-refractivity contribution in [3.8, 4) is 17.2 Å². The second-order valence-electron chi connectivity index (χ2n) is 6.78. The minimum atomic E-state index is -4.21. The van der Waals surface area contributed by atoms with Gasteiger partial charge in [0.25, 0.3) is 0 Å². The van der Waals surface area contributed by atoms with E-state index >= 15 is 0 Å². The highest BCUT2D eigenvalue weighted by Crippen LogP contribution is 2.25. The molecule has 176 valence electrons. The third-order valence-corrected chi connectivity index (χ3v) is 4.30. The molecule has 32 heavy (non-hydrogen) atoms. The minimum absolute atomic E-state index is 0.0321. The predicted octanol–water partition coefficient (Wildman–Crippen LogP) is 4.46. The molecule has 1 N–H and O–H groups in total. The topological polar surface area (TPSA) is 74.2 Å². The predicted molar refractivity (Wildman–Crippen MR) is 107 cm³/mol. The molecule has 0 aromatic heterocycles. The number of rotatable bonds is 14. The smallest absolute Gasteiger partial charge is 0.340 e. The zero-order chi connectivity index (χ0) is 23.6. The minimum Gasteiger partial charge on any atom is -0.493 e. The van der Waals surface area contributed by atoms with E-state index in [0.29, 0.717) is 31.1 Å². The molecular formula is C22H24F4O6. The second-order valence-corrected chi connectivity index (χ2v) is 6.78. The Kier molecular flexibility index (Phi) is 9.58. The summed E-state index contributed by atoms with van der Waals surface area (Å²) in [7, 11) is 1.35. The van der Waals surface area contributed by atoms with Crippen LogP contribution < -0.4 is 14.2 Å². The first-order valence-electron chi connectivity index (χ1n) is 9.70. The highest BCUT2D eigenvalue weighted by molar-refractivity contribution is 5.72. The van der Waals surface area contributed by atoms with E-state index in [1.165, 1.54) is 31.4 Å². The molecule has 2 aromatic rings. The number of hydrogen-bond acceptors (Lipinski definition) is 5. The average Bonchev–Trinajstić information content (AvgIpc) is 2.77. The number of halogens is 4. The molecule has 0 aliphatic carbocycles. The van der Waals surface area contributed by atoms with Crippen LogP contribution in [0.4, 0.5) is 17.6 Å². The normalized spacial score (nSPS) is 12.4. The summed E-state index contributed by atoms with van der Waals surface area (Å²) in [4.78, 5) is 11.0. The van der Waals surface area contributed by atoms with Crippen molar-refractivity contribution in [2.45, 2.75) is 31.3 Å². The van der Waals surface area contributed by atoms with Crippen LogP contribution in [0.15, 0.2) is 48.5 Å². The maximum absolute atomic E-state index is 12.8. The van der Waals surface area contributed by atoms with Gasteiger partial charge < -0.3 is 24.1 Å². The zero-order valence-corrected chi connectivity index (χ0v) is 17.3. The first-order valence-corrected chi connectivity index (χ1v) is 9.70. The second kappa shape index (κ2) is 12.1. The number of carboxylic acid groups (broad SMARTS) is 1. The standard InChI is InChI=1S/C22H24F4O6/c1-29-19(20(27)28)13-15-3-5-16(6-4-15)30-11-2-12-31-17-7-9-18(10-8-17)32-14-22(25,26)21(23)24/h3-10,19,21H,2,11-14H2,1H3,(H,27,28). The van der Waals surface area contributed by atoms with E-state index in [4.69, 9.17) is 19.3 Å². The Balaban J connectivity index is 1.67. The maximum atomic E-state index is 12.8. The summed E-state index contributed by atoms with van der Waals surface area (Å²) in [6.45, 7) is -0.704. The third-order valence-electron chi connectivity index (χ3n) is 4.30. The fourth-order valence-electron chi connectivity index (χ4n) is 2.52. The summed E-state index contributed by atoms with van der Waals surface area (Å²) in [5.41, 5.74) is 0.806. The van der Waals surface area contributed by atoms with Crippen molar-refractivity contribution in [2.75, 3.05) is 26.9 Å². The van der Waals surface area contributed by atoms with Crippen molar-refractivity contribution >= 4 is 5.97 Å². The molecule has 0 heterocycles. The van der Waals surface area contributed by atoms with Crippen LogP contribution in [0.5, 0.6) is 17.2 Å². The molecule has 0 saturated carbocycles. The summed E-state index contributed by atoms with van der Waals surface area (Å²) in [5.74, 6) is -4.11. The Bertz CT molecular complexity index is 827. The van der Waals surface area contributed by atoms with Gasteiger partial charge in [0.05, 0.1) is 13.2 Å². The number of carboxylic acids is 1. The molecule has 0 aliphatic rings. The molecule has 1 atom stereocenters. The Morgan fingerprint density at radius 3 is 1.81 bits per heavy atom. The molecule has 0 amide bonds. The zero-order valence-electron chi connectivity index (χ0n) is 17.3. The first kappa shape index (κ1) is 25.3. The molecule has 2 aromatic carbocycles. The number of alkyl halides is 4. The highest BCUT2D eigenvalue weighted by Gasteiger charge is 2.41. The van der Waals surface area contributed by atoms with Gasteiger partial charge in [-0.1, -0.05) is 12.1 Å². The van der Waals surface area contributed by atoms with Gasteiger partial charge in [-0.15, -0.1) is 0 Å². The fourth-order valence-corrected chi connectivity index (χ4v) is 2.52. The molecule has 0 bridgehead atoms. The van der Waals surface area contributed by atoms with E-state index in [-0.39, 0.29) is 12.2 Å². The van der Waals surface area contributed by atoms with Gasteiger partial charge in [0.15, 0.2) is 12.7 Å². The Morgan fingerprint density at radius 1 is 0.906 bits per heavy atom.